The smallest absolute Gasteiger partial charge is 0.247 e. The highest BCUT2D eigenvalue weighted by Crippen LogP contribution is 2.53. The van der Waals surface area contributed by atoms with Gasteiger partial charge in [0.1, 0.15) is 0 Å². The minimum atomic E-state index is 0.0311. The summed E-state index contributed by atoms with van der Waals surface area (Å²) in [5, 5.41) is 8.15. The average molecular weight is 961 g/mol. The second-order valence-electron chi connectivity index (χ2n) is 23.5. The van der Waals surface area contributed by atoms with Crippen LogP contribution in [0, 0.1) is 83.1 Å². The minimum absolute atomic E-state index is 0.0311. The van der Waals surface area contributed by atoms with Crippen LogP contribution < -0.4 is 42.6 Å². The standard InChI is InChI=1S/C70H70B2N2/c1-37(2)59-51-25-27-54-62-52(60(38(3)4)66-70(54)74(68-49(15)35-42(8)36-50(68)16)58-24-20-18-22-56(58)72(66)64-45(11)31-40(6)32-46(64)12)26-28-53(61(51)62)69-65(59)71(63-43(9)29-39(5)30-44(63)10)55-21-17-19-23-57(55)73(69)67-47(13)33-41(7)34-48(67)14/h17-38H,1-16H3. The Morgan fingerprint density at radius 1 is 0.311 bits per heavy atom. The molecule has 0 saturated carbocycles. The van der Waals surface area contributed by atoms with Crippen molar-refractivity contribution in [2.24, 2.45) is 0 Å². The Labute approximate surface area is 442 Å². The van der Waals surface area contributed by atoms with Gasteiger partial charge in [0.15, 0.2) is 0 Å². The van der Waals surface area contributed by atoms with E-state index in [0.29, 0.717) is 0 Å². The van der Waals surface area contributed by atoms with Gasteiger partial charge >= 0.3 is 0 Å². The van der Waals surface area contributed by atoms with Crippen molar-refractivity contribution < 1.29 is 0 Å². The van der Waals surface area contributed by atoms with Crippen LogP contribution in [0.2, 0.25) is 0 Å². The highest BCUT2D eigenvalue weighted by molar-refractivity contribution is 7.00. The van der Waals surface area contributed by atoms with Gasteiger partial charge in [-0.3, -0.25) is 0 Å². The monoisotopic (exact) mass is 961 g/mol. The van der Waals surface area contributed by atoms with Gasteiger partial charge in [0, 0.05) is 33.5 Å². The van der Waals surface area contributed by atoms with Crippen molar-refractivity contribution in [3.8, 4) is 0 Å². The SMILES string of the molecule is Cc1cc(C)c(B2c3ccccc3N(c3c(C)cc(C)cc3C)c3c2c(C(C)C)c2ccc4c5c(c(C(C)C)c6ccc3c2c64)B(c2c(C)cc(C)cc2C)c2ccccc2N5c2c(C)cc(C)cc2C)c(C)c1. The number of nitrogens with zero attached hydrogens (tertiary/aromatic N) is 2. The number of aryl methyl sites for hydroxylation is 12. The van der Waals surface area contributed by atoms with E-state index < -0.39 is 0 Å². The van der Waals surface area contributed by atoms with Gasteiger partial charge in [-0.1, -0.05) is 192 Å². The summed E-state index contributed by atoms with van der Waals surface area (Å²) in [6.07, 6.45) is 0. The van der Waals surface area contributed by atoms with Crippen molar-refractivity contribution in [3.63, 3.8) is 0 Å². The van der Waals surface area contributed by atoms with Crippen LogP contribution in [0.1, 0.15) is 117 Å². The molecule has 0 aliphatic carbocycles. The quantitative estimate of drug-likeness (QED) is 0.121. The molecule has 12 rings (SSSR count). The maximum Gasteiger partial charge on any atom is 0.247 e. The lowest BCUT2D eigenvalue weighted by molar-refractivity contribution is 0.881. The zero-order valence-electron chi connectivity index (χ0n) is 46.8. The van der Waals surface area contributed by atoms with Gasteiger partial charge in [-0.25, -0.2) is 0 Å². The van der Waals surface area contributed by atoms with Gasteiger partial charge in [0.25, 0.3) is 0 Å². The fraction of sp³-hybridized carbons (Fsp3) is 0.257. The van der Waals surface area contributed by atoms with Gasteiger partial charge in [0.05, 0.1) is 11.4 Å². The molecule has 2 nitrogen and oxygen atoms in total. The molecule has 366 valence electrons. The summed E-state index contributed by atoms with van der Waals surface area (Å²) in [4.78, 5) is 5.42. The van der Waals surface area contributed by atoms with Crippen LogP contribution >= 0.6 is 0 Å². The van der Waals surface area contributed by atoms with Crippen LogP contribution in [-0.4, -0.2) is 13.4 Å². The van der Waals surface area contributed by atoms with Gasteiger partial charge in [0.2, 0.25) is 13.4 Å². The molecule has 0 N–H and O–H groups in total. The van der Waals surface area contributed by atoms with Crippen LogP contribution in [-0.2, 0) is 0 Å². The Hall–Kier alpha value is -7.03. The molecule has 0 spiro atoms. The molecule has 2 heterocycles. The maximum atomic E-state index is 2.71. The summed E-state index contributed by atoms with van der Waals surface area (Å²) in [6, 6.07) is 48.2. The Morgan fingerprint density at radius 3 is 0.905 bits per heavy atom. The normalized spacial score (nSPS) is 13.3. The summed E-state index contributed by atoms with van der Waals surface area (Å²) in [5.41, 5.74) is 34.9. The molecule has 0 unspecified atom stereocenters. The molecule has 0 saturated heterocycles. The third-order valence-electron chi connectivity index (χ3n) is 17.3. The Morgan fingerprint density at radius 2 is 0.595 bits per heavy atom. The molecule has 0 bridgehead atoms. The van der Waals surface area contributed by atoms with Crippen molar-refractivity contribution in [1.82, 2.24) is 0 Å². The molecular weight excluding hydrogens is 890 g/mol. The van der Waals surface area contributed by atoms with Crippen LogP contribution in [0.4, 0.5) is 34.1 Å². The van der Waals surface area contributed by atoms with E-state index in [9.17, 15) is 0 Å². The number of rotatable bonds is 6. The Kier molecular flexibility index (Phi) is 11.2. The molecular formula is C70H70B2N2. The zero-order valence-corrected chi connectivity index (χ0v) is 46.8. The number of benzene rings is 10. The van der Waals surface area contributed by atoms with Crippen molar-refractivity contribution in [2.75, 3.05) is 9.80 Å². The lowest BCUT2D eigenvalue weighted by Gasteiger charge is -2.43. The fourth-order valence-electron chi connectivity index (χ4n) is 15.3. The summed E-state index contributed by atoms with van der Waals surface area (Å²) in [5.74, 6) is 0.455. The summed E-state index contributed by atoms with van der Waals surface area (Å²) >= 11 is 0. The summed E-state index contributed by atoms with van der Waals surface area (Å²) in [7, 11) is 0. The first-order chi connectivity index (χ1) is 35.4. The zero-order chi connectivity index (χ0) is 52.1. The molecule has 74 heavy (non-hydrogen) atoms. The van der Waals surface area contributed by atoms with E-state index in [-0.39, 0.29) is 25.3 Å². The van der Waals surface area contributed by atoms with E-state index in [1.165, 1.54) is 177 Å². The highest BCUT2D eigenvalue weighted by atomic mass is 15.2. The predicted molar refractivity (Wildman–Crippen MR) is 327 cm³/mol. The van der Waals surface area contributed by atoms with Crippen molar-refractivity contribution in [3.05, 3.63) is 199 Å². The van der Waals surface area contributed by atoms with E-state index in [1.807, 2.05) is 0 Å². The average Bonchev–Trinajstić information content (AvgIpc) is 3.39. The van der Waals surface area contributed by atoms with Crippen molar-refractivity contribution >= 4 is 113 Å². The van der Waals surface area contributed by atoms with Gasteiger partial charge in [-0.05, 0) is 184 Å². The molecule has 10 aromatic carbocycles. The molecule has 2 aliphatic heterocycles. The molecule has 2 aliphatic rings. The Balaban J connectivity index is 1.33. The molecule has 0 radical (unpaired) electrons. The lowest BCUT2D eigenvalue weighted by atomic mass is 9.32. The van der Waals surface area contributed by atoms with E-state index in [4.69, 9.17) is 0 Å². The second-order valence-corrected chi connectivity index (χ2v) is 23.5. The van der Waals surface area contributed by atoms with Gasteiger partial charge in [-0.2, -0.15) is 0 Å². The number of fused-ring (bicyclic) bond motifs is 6. The third-order valence-corrected chi connectivity index (χ3v) is 17.3. The van der Waals surface area contributed by atoms with Crippen LogP contribution in [0.3, 0.4) is 0 Å². The fourth-order valence-corrected chi connectivity index (χ4v) is 15.3. The molecule has 10 aromatic rings. The second kappa shape index (κ2) is 17.3. The highest BCUT2D eigenvalue weighted by Gasteiger charge is 2.45. The van der Waals surface area contributed by atoms with Crippen molar-refractivity contribution in [2.45, 2.75) is 123 Å². The largest absolute Gasteiger partial charge is 0.310 e. The van der Waals surface area contributed by atoms with Crippen LogP contribution in [0.15, 0.2) is 121 Å². The van der Waals surface area contributed by atoms with Gasteiger partial charge in [-0.15, -0.1) is 0 Å². The summed E-state index contributed by atoms with van der Waals surface area (Å²) in [6.45, 7) is 37.6. The van der Waals surface area contributed by atoms with Crippen molar-refractivity contribution in [1.29, 1.82) is 0 Å². The minimum Gasteiger partial charge on any atom is -0.310 e. The predicted octanol–water partition coefficient (Wildman–Crippen LogP) is 15.1. The maximum absolute atomic E-state index is 2.71. The van der Waals surface area contributed by atoms with E-state index in [0.717, 1.165) is 0 Å². The number of anilines is 6. The topological polar surface area (TPSA) is 6.48 Å². The van der Waals surface area contributed by atoms with E-state index >= 15 is 0 Å². The molecule has 0 fully saturated rings. The summed E-state index contributed by atoms with van der Waals surface area (Å²) < 4.78 is 0. The van der Waals surface area contributed by atoms with Gasteiger partial charge < -0.3 is 9.80 Å². The third kappa shape index (κ3) is 6.85. The molecule has 0 aromatic heterocycles. The van der Waals surface area contributed by atoms with Crippen LogP contribution in [0.5, 0.6) is 0 Å². The number of para-hydroxylation sites is 2. The molecule has 0 amide bonds. The number of hydrogen-bond acceptors (Lipinski definition) is 2. The first kappa shape index (κ1) is 47.9. The molecule has 0 atom stereocenters. The molecule has 4 heteroatoms. The number of hydrogen-bond donors (Lipinski definition) is 0. The lowest BCUT2D eigenvalue weighted by Crippen LogP contribution is -2.60. The first-order valence-electron chi connectivity index (χ1n) is 27.3. The van der Waals surface area contributed by atoms with E-state index in [1.54, 1.807) is 0 Å². The van der Waals surface area contributed by atoms with Crippen LogP contribution in [0.25, 0.3) is 32.3 Å². The van der Waals surface area contributed by atoms with E-state index in [2.05, 4.69) is 242 Å². The Bertz CT molecular complexity index is 3670. The first-order valence-corrected chi connectivity index (χ1v) is 27.3.